The molecule has 1 aliphatic heterocycles. The first-order chi connectivity index (χ1) is 13.2. The van der Waals surface area contributed by atoms with Crippen LogP contribution < -0.4 is 5.32 Å². The van der Waals surface area contributed by atoms with Crippen molar-refractivity contribution in [2.45, 2.75) is 64.3 Å². The van der Waals surface area contributed by atoms with Gasteiger partial charge in [0.05, 0.1) is 6.10 Å². The molecule has 5 nitrogen and oxygen atoms in total. The number of benzene rings is 1. The molecule has 1 atom stereocenters. The highest BCUT2D eigenvalue weighted by Gasteiger charge is 2.24. The molecule has 4 rings (SSSR count). The number of amides is 1. The molecule has 2 aliphatic rings. The normalized spacial score (nSPS) is 20.9. The van der Waals surface area contributed by atoms with Crippen LogP contribution in [-0.4, -0.2) is 47.2 Å². The first-order valence-electron chi connectivity index (χ1n) is 10.4. The molecule has 1 aliphatic carbocycles. The van der Waals surface area contributed by atoms with Gasteiger partial charge in [-0.15, -0.1) is 0 Å². The van der Waals surface area contributed by atoms with Crippen molar-refractivity contribution in [2.24, 2.45) is 0 Å². The maximum absolute atomic E-state index is 12.3. The second kappa shape index (κ2) is 8.44. The molecule has 1 saturated heterocycles. The van der Waals surface area contributed by atoms with Crippen LogP contribution in [0.1, 0.15) is 44.6 Å². The summed E-state index contributed by atoms with van der Waals surface area (Å²) in [4.78, 5) is 14.8. The highest BCUT2D eigenvalue weighted by molar-refractivity contribution is 5.86. The van der Waals surface area contributed by atoms with Gasteiger partial charge in [-0.25, -0.2) is 0 Å². The maximum Gasteiger partial charge on any atom is 0.240 e. The fraction of sp³-hybridized carbons (Fsp3) is 0.591. The minimum atomic E-state index is 0.121. The Labute approximate surface area is 161 Å². The topological polar surface area (TPSA) is 46.5 Å². The van der Waals surface area contributed by atoms with Crippen molar-refractivity contribution in [1.29, 1.82) is 0 Å². The first-order valence-corrected chi connectivity index (χ1v) is 10.4. The molecule has 0 bridgehead atoms. The van der Waals surface area contributed by atoms with Crippen LogP contribution >= 0.6 is 0 Å². The number of fused-ring (bicyclic) bond motifs is 1. The zero-order valence-electron chi connectivity index (χ0n) is 16.3. The van der Waals surface area contributed by atoms with Crippen LogP contribution in [0.5, 0.6) is 0 Å². The monoisotopic (exact) mass is 369 g/mol. The number of hydrogen-bond acceptors (Lipinski definition) is 3. The van der Waals surface area contributed by atoms with Crippen molar-refractivity contribution in [1.82, 2.24) is 14.8 Å². The van der Waals surface area contributed by atoms with Gasteiger partial charge in [0.15, 0.2) is 0 Å². The van der Waals surface area contributed by atoms with Crippen LogP contribution in [0.3, 0.4) is 0 Å². The van der Waals surface area contributed by atoms with E-state index in [0.29, 0.717) is 18.7 Å². The van der Waals surface area contributed by atoms with Crippen molar-refractivity contribution in [3.05, 3.63) is 36.0 Å². The number of hydrogen-bond donors (Lipinski definition) is 1. The number of piperidine rings is 1. The standard InChI is InChI=1S/C22H31N3O2/c1-2-12-27-19-6-5-11-24(15-19)13-17-14-25(16-22(26)23-18-9-10-18)21-8-4-3-7-20(17)21/h3-4,7-8,14,18-19H,2,5-6,9-13,15-16H2,1H3,(H,23,26). The lowest BCUT2D eigenvalue weighted by atomic mass is 10.1. The second-order valence-electron chi connectivity index (χ2n) is 8.01. The van der Waals surface area contributed by atoms with Crippen molar-refractivity contribution in [2.75, 3.05) is 19.7 Å². The van der Waals surface area contributed by atoms with Crippen LogP contribution in [0, 0.1) is 0 Å². The zero-order valence-corrected chi connectivity index (χ0v) is 16.3. The third kappa shape index (κ3) is 4.71. The van der Waals surface area contributed by atoms with Crippen molar-refractivity contribution in [3.63, 3.8) is 0 Å². The molecule has 5 heteroatoms. The summed E-state index contributed by atoms with van der Waals surface area (Å²) in [5.41, 5.74) is 2.45. The van der Waals surface area contributed by atoms with E-state index in [1.165, 1.54) is 23.8 Å². The largest absolute Gasteiger partial charge is 0.377 e. The van der Waals surface area contributed by atoms with Gasteiger partial charge in [0.1, 0.15) is 6.54 Å². The van der Waals surface area contributed by atoms with Crippen molar-refractivity contribution in [3.8, 4) is 0 Å². The Hall–Kier alpha value is -1.85. The smallest absolute Gasteiger partial charge is 0.240 e. The van der Waals surface area contributed by atoms with Crippen LogP contribution in [0.25, 0.3) is 10.9 Å². The van der Waals surface area contributed by atoms with Crippen LogP contribution in [0.4, 0.5) is 0 Å². The van der Waals surface area contributed by atoms with E-state index in [-0.39, 0.29) is 5.91 Å². The van der Waals surface area contributed by atoms with Gasteiger partial charge in [0, 0.05) is 42.8 Å². The summed E-state index contributed by atoms with van der Waals surface area (Å²) in [6.45, 7) is 6.46. The molecule has 1 saturated carbocycles. The summed E-state index contributed by atoms with van der Waals surface area (Å²) in [6, 6.07) is 8.84. The number of nitrogens with zero attached hydrogens (tertiary/aromatic N) is 2. The Bertz CT molecular complexity index is 781. The Morgan fingerprint density at radius 2 is 2.11 bits per heavy atom. The van der Waals surface area contributed by atoms with E-state index in [9.17, 15) is 4.79 Å². The number of aromatic nitrogens is 1. The molecule has 2 heterocycles. The summed E-state index contributed by atoms with van der Waals surface area (Å²) in [7, 11) is 0. The van der Waals surface area contributed by atoms with Crippen molar-refractivity contribution < 1.29 is 9.53 Å². The third-order valence-corrected chi connectivity index (χ3v) is 5.54. The molecule has 1 aromatic carbocycles. The van der Waals surface area contributed by atoms with E-state index >= 15 is 0 Å². The highest BCUT2D eigenvalue weighted by atomic mass is 16.5. The lowest BCUT2D eigenvalue weighted by molar-refractivity contribution is -0.121. The molecule has 0 radical (unpaired) electrons. The molecule has 27 heavy (non-hydrogen) atoms. The number of carbonyl (C=O) groups excluding carboxylic acids is 1. The molecular formula is C22H31N3O2. The van der Waals surface area contributed by atoms with Gasteiger partial charge in [-0.1, -0.05) is 25.1 Å². The van der Waals surface area contributed by atoms with E-state index in [1.807, 2.05) is 0 Å². The summed E-state index contributed by atoms with van der Waals surface area (Å²) >= 11 is 0. The molecule has 146 valence electrons. The van der Waals surface area contributed by atoms with E-state index < -0.39 is 0 Å². The van der Waals surface area contributed by atoms with E-state index in [2.05, 4.69) is 52.2 Å². The highest BCUT2D eigenvalue weighted by Crippen LogP contribution is 2.25. The van der Waals surface area contributed by atoms with Crippen LogP contribution in [0.2, 0.25) is 0 Å². The van der Waals surface area contributed by atoms with Gasteiger partial charge < -0.3 is 14.6 Å². The number of para-hydroxylation sites is 1. The minimum absolute atomic E-state index is 0.121. The van der Waals surface area contributed by atoms with E-state index in [1.54, 1.807) is 0 Å². The quantitative estimate of drug-likeness (QED) is 0.776. The predicted octanol–water partition coefficient (Wildman–Crippen LogP) is 3.31. The lowest BCUT2D eigenvalue weighted by Gasteiger charge is -2.32. The fourth-order valence-electron chi connectivity index (χ4n) is 4.05. The molecular weight excluding hydrogens is 338 g/mol. The number of ether oxygens (including phenoxy) is 1. The number of nitrogens with one attached hydrogen (secondary N) is 1. The van der Waals surface area contributed by atoms with Gasteiger partial charge >= 0.3 is 0 Å². The van der Waals surface area contributed by atoms with E-state index in [4.69, 9.17) is 4.74 Å². The Morgan fingerprint density at radius 3 is 2.93 bits per heavy atom. The predicted molar refractivity (Wildman–Crippen MR) is 108 cm³/mol. The maximum atomic E-state index is 12.3. The Kier molecular flexibility index (Phi) is 5.79. The number of carbonyl (C=O) groups is 1. The third-order valence-electron chi connectivity index (χ3n) is 5.54. The number of likely N-dealkylation sites (tertiary alicyclic amines) is 1. The molecule has 1 amide bonds. The Morgan fingerprint density at radius 1 is 1.26 bits per heavy atom. The first kappa shape index (κ1) is 18.5. The summed E-state index contributed by atoms with van der Waals surface area (Å²) in [5, 5.41) is 4.35. The Balaban J connectivity index is 1.47. The SMILES string of the molecule is CCCOC1CCCN(Cc2cn(CC(=O)NC3CC3)c3ccccc23)C1. The molecule has 1 N–H and O–H groups in total. The van der Waals surface area contributed by atoms with Gasteiger partial charge in [0.25, 0.3) is 0 Å². The fourth-order valence-corrected chi connectivity index (χ4v) is 4.05. The number of rotatable bonds is 8. The van der Waals surface area contributed by atoms with Gasteiger partial charge in [-0.05, 0) is 50.3 Å². The van der Waals surface area contributed by atoms with Crippen LogP contribution in [-0.2, 0) is 22.6 Å². The lowest BCUT2D eigenvalue weighted by Crippen LogP contribution is -2.39. The molecule has 1 aromatic heterocycles. The minimum Gasteiger partial charge on any atom is -0.377 e. The average Bonchev–Trinajstić information content (AvgIpc) is 3.43. The summed E-state index contributed by atoms with van der Waals surface area (Å²) in [5.74, 6) is 0.121. The average molecular weight is 370 g/mol. The molecule has 0 spiro atoms. The van der Waals surface area contributed by atoms with Crippen molar-refractivity contribution >= 4 is 16.8 Å². The molecule has 2 aromatic rings. The zero-order chi connectivity index (χ0) is 18.6. The molecule has 2 fully saturated rings. The second-order valence-corrected chi connectivity index (χ2v) is 8.01. The van der Waals surface area contributed by atoms with Gasteiger partial charge in [-0.3, -0.25) is 9.69 Å². The van der Waals surface area contributed by atoms with Gasteiger partial charge in [-0.2, -0.15) is 0 Å². The van der Waals surface area contributed by atoms with Crippen LogP contribution in [0.15, 0.2) is 30.5 Å². The molecule has 1 unspecified atom stereocenters. The summed E-state index contributed by atoms with van der Waals surface area (Å²) in [6.07, 6.45) is 8.22. The van der Waals surface area contributed by atoms with Gasteiger partial charge in [0.2, 0.25) is 5.91 Å². The summed E-state index contributed by atoms with van der Waals surface area (Å²) < 4.78 is 8.10. The van der Waals surface area contributed by atoms with E-state index in [0.717, 1.165) is 51.0 Å².